The Labute approximate surface area is 87.7 Å². The molecule has 1 aliphatic rings. The van der Waals surface area contributed by atoms with Crippen LogP contribution in [-0.4, -0.2) is 0 Å². The molecule has 76 valence electrons. The fourth-order valence-electron chi connectivity index (χ4n) is 2.23. The smallest absolute Gasteiger partial charge is 0.0149 e. The van der Waals surface area contributed by atoms with Crippen molar-refractivity contribution in [3.05, 3.63) is 47.1 Å². The van der Waals surface area contributed by atoms with Gasteiger partial charge in [0.1, 0.15) is 0 Å². The van der Waals surface area contributed by atoms with E-state index in [9.17, 15) is 0 Å². The molecule has 0 nitrogen and oxygen atoms in total. The molecule has 0 unspecified atom stereocenters. The Morgan fingerprint density at radius 1 is 1.21 bits per heavy atom. The van der Waals surface area contributed by atoms with Gasteiger partial charge in [0.25, 0.3) is 0 Å². The average Bonchev–Trinajstić information content (AvgIpc) is 2.28. The van der Waals surface area contributed by atoms with Crippen molar-refractivity contribution in [3.63, 3.8) is 0 Å². The highest BCUT2D eigenvalue weighted by Gasteiger charge is 2.35. The third-order valence-corrected chi connectivity index (χ3v) is 3.18. The van der Waals surface area contributed by atoms with Crippen LogP contribution in [0.25, 0.3) is 0 Å². The van der Waals surface area contributed by atoms with E-state index in [4.69, 9.17) is 0 Å². The van der Waals surface area contributed by atoms with Gasteiger partial charge in [-0.15, -0.1) is 0 Å². The quantitative estimate of drug-likeness (QED) is 0.571. The molecule has 0 bridgehead atoms. The molecular formula is C14H20. The van der Waals surface area contributed by atoms with Crippen LogP contribution < -0.4 is 0 Å². The summed E-state index contributed by atoms with van der Waals surface area (Å²) >= 11 is 0. The van der Waals surface area contributed by atoms with Gasteiger partial charge >= 0.3 is 0 Å². The molecule has 0 atom stereocenters. The van der Waals surface area contributed by atoms with Crippen molar-refractivity contribution < 1.29 is 0 Å². The van der Waals surface area contributed by atoms with Gasteiger partial charge in [-0.1, -0.05) is 38.7 Å². The van der Waals surface area contributed by atoms with Gasteiger partial charge in [0, 0.05) is 5.41 Å². The molecule has 0 saturated carbocycles. The Morgan fingerprint density at radius 3 is 2.14 bits per heavy atom. The molecule has 0 heteroatoms. The predicted molar refractivity (Wildman–Crippen MR) is 64.2 cm³/mol. The monoisotopic (exact) mass is 188 g/mol. The largest absolute Gasteiger partial charge is 0.0943 e. The first-order valence-corrected chi connectivity index (χ1v) is 5.17. The summed E-state index contributed by atoms with van der Waals surface area (Å²) in [5, 5.41) is 0. The Bertz CT molecular complexity index is 346. The van der Waals surface area contributed by atoms with Crippen LogP contribution in [0.1, 0.15) is 34.6 Å². The lowest BCUT2D eigenvalue weighted by Gasteiger charge is -2.22. The highest BCUT2D eigenvalue weighted by Crippen LogP contribution is 2.49. The van der Waals surface area contributed by atoms with Crippen LogP contribution in [0.2, 0.25) is 0 Å². The summed E-state index contributed by atoms with van der Waals surface area (Å²) in [5.74, 6) is 0. The summed E-state index contributed by atoms with van der Waals surface area (Å²) in [6.07, 6.45) is 6.47. The number of hydrogen-bond acceptors (Lipinski definition) is 0. The van der Waals surface area contributed by atoms with Crippen molar-refractivity contribution >= 4 is 0 Å². The minimum absolute atomic E-state index is 0.0957. The third-order valence-electron chi connectivity index (χ3n) is 3.18. The third kappa shape index (κ3) is 1.39. The summed E-state index contributed by atoms with van der Waals surface area (Å²) in [6, 6.07) is 0. The molecule has 0 spiro atoms. The van der Waals surface area contributed by atoms with E-state index >= 15 is 0 Å². The summed E-state index contributed by atoms with van der Waals surface area (Å²) in [4.78, 5) is 0. The van der Waals surface area contributed by atoms with Gasteiger partial charge in [-0.25, -0.2) is 0 Å². The molecule has 0 aromatic rings. The maximum atomic E-state index is 4.20. The first kappa shape index (κ1) is 11.0. The lowest BCUT2D eigenvalue weighted by Crippen LogP contribution is -2.11. The summed E-state index contributed by atoms with van der Waals surface area (Å²) in [5.41, 5.74) is 5.44. The summed E-state index contributed by atoms with van der Waals surface area (Å²) < 4.78 is 0. The predicted octanol–water partition coefficient (Wildman–Crippen LogP) is 4.42. The van der Waals surface area contributed by atoms with E-state index in [1.54, 1.807) is 0 Å². The normalized spacial score (nSPS) is 24.4. The molecule has 0 radical (unpaired) electrons. The maximum absolute atomic E-state index is 4.20. The van der Waals surface area contributed by atoms with E-state index in [2.05, 4.69) is 59.4 Å². The number of rotatable bonds is 1. The number of hydrogen-bond donors (Lipinski definition) is 0. The zero-order valence-corrected chi connectivity index (χ0v) is 9.94. The van der Waals surface area contributed by atoms with Gasteiger partial charge in [0.2, 0.25) is 0 Å². The molecule has 0 saturated heterocycles. The van der Waals surface area contributed by atoms with Crippen LogP contribution in [-0.2, 0) is 0 Å². The van der Waals surface area contributed by atoms with Crippen LogP contribution in [0, 0.1) is 5.41 Å². The van der Waals surface area contributed by atoms with Gasteiger partial charge in [0.05, 0.1) is 0 Å². The zero-order valence-electron chi connectivity index (χ0n) is 9.94. The Kier molecular flexibility index (Phi) is 2.84. The number of allylic oxidation sites excluding steroid dienone is 7. The Morgan fingerprint density at radius 2 is 1.79 bits per heavy atom. The van der Waals surface area contributed by atoms with E-state index in [1.807, 2.05) is 0 Å². The van der Waals surface area contributed by atoms with Crippen LogP contribution in [0.15, 0.2) is 47.1 Å². The molecule has 0 amide bonds. The van der Waals surface area contributed by atoms with Crippen LogP contribution in [0.4, 0.5) is 0 Å². The Balaban J connectivity index is 3.36. The molecule has 0 aliphatic heterocycles. The van der Waals surface area contributed by atoms with E-state index in [-0.39, 0.29) is 5.41 Å². The fraction of sp³-hybridized carbons (Fsp3) is 0.429. The van der Waals surface area contributed by atoms with Crippen LogP contribution >= 0.6 is 0 Å². The minimum Gasteiger partial charge on any atom is -0.0943 e. The van der Waals surface area contributed by atoms with Gasteiger partial charge in [0.15, 0.2) is 0 Å². The standard InChI is InChI=1S/C14H20/c1-7-9-13-10(3)12(8-2)11(4)14(13,5)6/h7-9H,4H2,1-3,5-6H3. The SMILES string of the molecule is C=C1C(=CC)C(C)=C(C=CC)C1(C)C. The first-order chi connectivity index (χ1) is 6.46. The second-order valence-electron chi connectivity index (χ2n) is 4.34. The van der Waals surface area contributed by atoms with Gasteiger partial charge < -0.3 is 0 Å². The zero-order chi connectivity index (χ0) is 10.9. The van der Waals surface area contributed by atoms with E-state index in [0.717, 1.165) is 0 Å². The molecule has 1 rings (SSSR count). The van der Waals surface area contributed by atoms with Gasteiger partial charge in [-0.2, -0.15) is 0 Å². The van der Waals surface area contributed by atoms with Crippen LogP contribution in [0.5, 0.6) is 0 Å². The molecule has 0 heterocycles. The lowest BCUT2D eigenvalue weighted by molar-refractivity contribution is 0.580. The van der Waals surface area contributed by atoms with E-state index in [0.29, 0.717) is 0 Å². The lowest BCUT2D eigenvalue weighted by atomic mass is 9.81. The molecule has 0 N–H and O–H groups in total. The fourth-order valence-corrected chi connectivity index (χ4v) is 2.23. The summed E-state index contributed by atoms with van der Waals surface area (Å²) in [7, 11) is 0. The second-order valence-corrected chi connectivity index (χ2v) is 4.34. The minimum atomic E-state index is 0.0957. The molecule has 14 heavy (non-hydrogen) atoms. The van der Waals surface area contributed by atoms with Crippen molar-refractivity contribution in [1.29, 1.82) is 0 Å². The molecule has 1 aliphatic carbocycles. The first-order valence-electron chi connectivity index (χ1n) is 5.17. The topological polar surface area (TPSA) is 0 Å². The van der Waals surface area contributed by atoms with Crippen molar-refractivity contribution in [1.82, 2.24) is 0 Å². The average molecular weight is 188 g/mol. The maximum Gasteiger partial charge on any atom is 0.0149 e. The molecule has 0 fully saturated rings. The highest BCUT2D eigenvalue weighted by atomic mass is 14.4. The van der Waals surface area contributed by atoms with E-state index in [1.165, 1.54) is 22.3 Å². The molecule has 0 aromatic heterocycles. The Hall–Kier alpha value is -1.04. The summed E-state index contributed by atoms with van der Waals surface area (Å²) in [6.45, 7) is 15.0. The van der Waals surface area contributed by atoms with Crippen LogP contribution in [0.3, 0.4) is 0 Å². The van der Waals surface area contributed by atoms with Gasteiger partial charge in [-0.05, 0) is 43.1 Å². The van der Waals surface area contributed by atoms with Crippen molar-refractivity contribution in [2.45, 2.75) is 34.6 Å². The molecular weight excluding hydrogens is 168 g/mol. The second kappa shape index (κ2) is 3.61. The molecule has 0 aromatic carbocycles. The van der Waals surface area contributed by atoms with Crippen molar-refractivity contribution in [2.75, 3.05) is 0 Å². The highest BCUT2D eigenvalue weighted by molar-refractivity contribution is 5.62. The van der Waals surface area contributed by atoms with Gasteiger partial charge in [-0.3, -0.25) is 0 Å². The van der Waals surface area contributed by atoms with E-state index < -0.39 is 0 Å². The van der Waals surface area contributed by atoms with Crippen molar-refractivity contribution in [3.8, 4) is 0 Å². The van der Waals surface area contributed by atoms with Crippen molar-refractivity contribution in [2.24, 2.45) is 5.41 Å².